The smallest absolute Gasteiger partial charge is 0.315 e. The first-order valence-corrected chi connectivity index (χ1v) is 5.00. The van der Waals surface area contributed by atoms with Gasteiger partial charge in [-0.25, -0.2) is 0 Å². The van der Waals surface area contributed by atoms with Crippen molar-refractivity contribution in [3.8, 4) is 0 Å². The summed E-state index contributed by atoms with van der Waals surface area (Å²) in [5.74, 6) is -0.696. The Kier molecular flexibility index (Phi) is 2.85. The molecule has 0 aromatic carbocycles. The molecule has 1 fully saturated rings. The lowest BCUT2D eigenvalue weighted by molar-refractivity contribution is -0.140. The third kappa shape index (κ3) is 1.71. The summed E-state index contributed by atoms with van der Waals surface area (Å²) in [5, 5.41) is 8.36. The molecule has 0 radical (unpaired) electrons. The molecule has 0 heterocycles. The van der Waals surface area contributed by atoms with E-state index in [1.54, 1.807) is 0 Å². The Morgan fingerprint density at radius 1 is 1.36 bits per heavy atom. The molecule has 0 saturated heterocycles. The second-order valence-corrected chi connectivity index (χ2v) is 4.34. The first kappa shape index (κ1) is 8.95. The average molecular weight is 175 g/mol. The highest BCUT2D eigenvalue weighted by molar-refractivity contribution is 7.38. The molecule has 3 nitrogen and oxygen atoms in total. The highest BCUT2D eigenvalue weighted by atomic mass is 31.1. The van der Waals surface area contributed by atoms with Crippen LogP contribution in [0.15, 0.2) is 0 Å². The zero-order valence-corrected chi connectivity index (χ0v) is 7.47. The Labute approximate surface area is 68.2 Å². The number of carboxylic acid groups (broad SMARTS) is 1. The lowest BCUT2D eigenvalue weighted by atomic mass is 9.88. The molecule has 0 aliphatic heterocycles. The van der Waals surface area contributed by atoms with Crippen molar-refractivity contribution in [1.82, 2.24) is 0 Å². The minimum absolute atomic E-state index is 0.0581. The number of hydrogen-bond donors (Lipinski definition) is 2. The van der Waals surface area contributed by atoms with Crippen molar-refractivity contribution in [2.75, 3.05) is 0 Å². The van der Waals surface area contributed by atoms with Gasteiger partial charge < -0.3 is 10.6 Å². The van der Waals surface area contributed by atoms with Crippen LogP contribution in [0, 0.1) is 0 Å². The third-order valence-electron chi connectivity index (χ3n) is 2.39. The van der Waals surface area contributed by atoms with Gasteiger partial charge in [-0.05, 0) is 21.6 Å². The molecule has 1 unspecified atom stereocenters. The molecular formula is C7H14NO2P. The van der Waals surface area contributed by atoms with Gasteiger partial charge in [0.05, 0.1) is 5.16 Å². The lowest BCUT2D eigenvalue weighted by Gasteiger charge is -2.31. The molecule has 1 saturated carbocycles. The Hall–Kier alpha value is -0.140. The average Bonchev–Trinajstić information content (AvgIpc) is 2.05. The number of hydrogen-bond acceptors (Lipinski definition) is 2. The van der Waals surface area contributed by atoms with Crippen LogP contribution in [0.4, 0.5) is 0 Å². The Bertz CT molecular complexity index is 155. The van der Waals surface area contributed by atoms with Crippen LogP contribution in [0.25, 0.3) is 0 Å². The van der Waals surface area contributed by atoms with Crippen LogP contribution in [0.2, 0.25) is 0 Å². The monoisotopic (exact) mass is 175 g/mol. The molecule has 11 heavy (non-hydrogen) atoms. The van der Waals surface area contributed by atoms with Crippen LogP contribution in [0.5, 0.6) is 0 Å². The van der Waals surface area contributed by atoms with E-state index >= 15 is 0 Å². The van der Waals surface area contributed by atoms with E-state index in [9.17, 15) is 4.79 Å². The van der Waals surface area contributed by atoms with Gasteiger partial charge in [-0.15, -0.1) is 0 Å². The van der Waals surface area contributed by atoms with Crippen molar-refractivity contribution in [2.24, 2.45) is 5.50 Å². The molecule has 1 aliphatic carbocycles. The fraction of sp³-hybridized carbons (Fsp3) is 0.857. The Morgan fingerprint density at radius 2 is 1.91 bits per heavy atom. The summed E-state index contributed by atoms with van der Waals surface area (Å²) in [7, 11) is 0.0581. The van der Waals surface area contributed by atoms with Gasteiger partial charge >= 0.3 is 5.97 Å². The van der Waals surface area contributed by atoms with Gasteiger partial charge in [-0.1, -0.05) is 19.3 Å². The molecule has 1 rings (SSSR count). The van der Waals surface area contributed by atoms with Crippen LogP contribution in [-0.4, -0.2) is 16.2 Å². The minimum Gasteiger partial charge on any atom is -0.481 e. The van der Waals surface area contributed by atoms with Gasteiger partial charge in [0.2, 0.25) is 0 Å². The number of carbonyl (C=O) groups is 1. The molecule has 64 valence electrons. The fourth-order valence-corrected chi connectivity index (χ4v) is 2.34. The van der Waals surface area contributed by atoms with Crippen molar-refractivity contribution >= 4 is 14.7 Å². The van der Waals surface area contributed by atoms with E-state index < -0.39 is 11.1 Å². The first-order valence-electron chi connectivity index (χ1n) is 3.92. The molecule has 4 heteroatoms. The largest absolute Gasteiger partial charge is 0.481 e. The zero-order valence-electron chi connectivity index (χ0n) is 6.47. The summed E-state index contributed by atoms with van der Waals surface area (Å²) in [6, 6.07) is 0. The minimum atomic E-state index is -0.696. The van der Waals surface area contributed by atoms with Crippen LogP contribution in [-0.2, 0) is 4.79 Å². The predicted octanol–water partition coefficient (Wildman–Crippen LogP) is 1.33. The number of nitrogens with two attached hydrogens (primary N) is 1. The molecular weight excluding hydrogens is 161 g/mol. The Balaban J connectivity index is 2.64. The number of aliphatic carboxylic acids is 1. The molecule has 0 aromatic heterocycles. The van der Waals surface area contributed by atoms with Crippen LogP contribution in [0.1, 0.15) is 32.1 Å². The highest BCUT2D eigenvalue weighted by Gasteiger charge is 2.38. The van der Waals surface area contributed by atoms with Crippen molar-refractivity contribution in [3.05, 3.63) is 0 Å². The maximum Gasteiger partial charge on any atom is 0.315 e. The van der Waals surface area contributed by atoms with Crippen LogP contribution < -0.4 is 5.50 Å². The second kappa shape index (κ2) is 3.51. The second-order valence-electron chi connectivity index (χ2n) is 3.09. The predicted molar refractivity (Wildman–Crippen MR) is 46.0 cm³/mol. The van der Waals surface area contributed by atoms with E-state index in [0.29, 0.717) is 0 Å². The van der Waals surface area contributed by atoms with Gasteiger partial charge in [0.15, 0.2) is 0 Å². The van der Waals surface area contributed by atoms with Crippen molar-refractivity contribution in [3.63, 3.8) is 0 Å². The molecule has 1 atom stereocenters. The summed E-state index contributed by atoms with van der Waals surface area (Å²) in [5.41, 5.74) is 5.49. The standard InChI is InChI=1S/C7H14NO2P/c8-11-7(6(9)10)4-2-1-3-5-7/h11H,1-5,8H2,(H,9,10). The normalized spacial score (nSPS) is 24.1. The van der Waals surface area contributed by atoms with Crippen molar-refractivity contribution in [1.29, 1.82) is 0 Å². The van der Waals surface area contributed by atoms with Gasteiger partial charge in [0.25, 0.3) is 0 Å². The quantitative estimate of drug-likeness (QED) is 0.622. The topological polar surface area (TPSA) is 63.3 Å². The van der Waals surface area contributed by atoms with Gasteiger partial charge in [0.1, 0.15) is 0 Å². The molecule has 0 aromatic rings. The molecule has 0 amide bonds. The van der Waals surface area contributed by atoms with E-state index in [4.69, 9.17) is 10.6 Å². The molecule has 3 N–H and O–H groups in total. The van der Waals surface area contributed by atoms with Crippen molar-refractivity contribution in [2.45, 2.75) is 37.3 Å². The first-order chi connectivity index (χ1) is 5.21. The Morgan fingerprint density at radius 3 is 2.18 bits per heavy atom. The zero-order chi connectivity index (χ0) is 8.32. The SMILES string of the molecule is NPC1(C(=O)O)CCCCC1. The van der Waals surface area contributed by atoms with E-state index in [-0.39, 0.29) is 8.73 Å². The number of rotatable bonds is 2. The molecule has 1 aliphatic rings. The maximum absolute atomic E-state index is 10.8. The van der Waals surface area contributed by atoms with E-state index in [1.807, 2.05) is 0 Å². The maximum atomic E-state index is 10.8. The van der Waals surface area contributed by atoms with Crippen molar-refractivity contribution < 1.29 is 9.90 Å². The van der Waals surface area contributed by atoms with Crippen LogP contribution >= 0.6 is 8.73 Å². The molecule has 0 spiro atoms. The van der Waals surface area contributed by atoms with E-state index in [0.717, 1.165) is 25.7 Å². The van der Waals surface area contributed by atoms with Crippen LogP contribution in [0.3, 0.4) is 0 Å². The summed E-state index contributed by atoms with van der Waals surface area (Å²) >= 11 is 0. The fourth-order valence-electron chi connectivity index (χ4n) is 1.58. The van der Waals surface area contributed by atoms with Gasteiger partial charge in [-0.3, -0.25) is 4.79 Å². The third-order valence-corrected chi connectivity index (χ3v) is 3.66. The summed E-state index contributed by atoms with van der Waals surface area (Å²) in [6.45, 7) is 0. The molecule has 0 bridgehead atoms. The highest BCUT2D eigenvalue weighted by Crippen LogP contribution is 2.40. The summed E-state index contributed by atoms with van der Waals surface area (Å²) < 4.78 is 0. The van der Waals surface area contributed by atoms with E-state index in [2.05, 4.69) is 0 Å². The van der Waals surface area contributed by atoms with Gasteiger partial charge in [-0.2, -0.15) is 0 Å². The lowest BCUT2D eigenvalue weighted by Crippen LogP contribution is -2.37. The summed E-state index contributed by atoms with van der Waals surface area (Å²) in [4.78, 5) is 10.8. The van der Waals surface area contributed by atoms with Gasteiger partial charge in [0, 0.05) is 0 Å². The van der Waals surface area contributed by atoms with E-state index in [1.165, 1.54) is 6.42 Å². The number of carboxylic acids is 1. The summed E-state index contributed by atoms with van der Waals surface area (Å²) in [6.07, 6.45) is 4.76.